The molecule has 2 aliphatic rings. The van der Waals surface area contributed by atoms with E-state index >= 15 is 0 Å². The van der Waals surface area contributed by atoms with Crippen molar-refractivity contribution in [3.05, 3.63) is 35.5 Å². The fourth-order valence-corrected chi connectivity index (χ4v) is 3.90. The van der Waals surface area contributed by atoms with Gasteiger partial charge in [-0.1, -0.05) is 6.07 Å². The van der Waals surface area contributed by atoms with Crippen LogP contribution in [0.2, 0.25) is 0 Å². The number of methoxy groups -OCH3 is 1. The Balaban J connectivity index is 1.28. The minimum absolute atomic E-state index is 0.265. The minimum atomic E-state index is 0.265. The minimum Gasteiger partial charge on any atom is -0.377 e. The average Bonchev–Trinajstić information content (AvgIpc) is 3.41. The first-order valence-corrected chi connectivity index (χ1v) is 10.3. The molecule has 29 heavy (non-hydrogen) atoms. The maximum atomic E-state index is 5.13. The van der Waals surface area contributed by atoms with Gasteiger partial charge in [-0.2, -0.15) is 5.10 Å². The first-order chi connectivity index (χ1) is 14.2. The number of aryl methyl sites for hydroxylation is 1. The van der Waals surface area contributed by atoms with Crippen molar-refractivity contribution in [2.24, 2.45) is 4.99 Å². The normalized spacial score (nSPS) is 19.3. The highest BCUT2D eigenvalue weighted by molar-refractivity contribution is 5.79. The zero-order valence-electron chi connectivity index (χ0n) is 17.3. The van der Waals surface area contributed by atoms with E-state index in [0.29, 0.717) is 13.2 Å². The second-order valence-electron chi connectivity index (χ2n) is 7.58. The molecule has 9 nitrogen and oxygen atoms in total. The fraction of sp³-hybridized carbons (Fsp3) is 0.600. The molecule has 2 aliphatic heterocycles. The molecular weight excluding hydrogens is 368 g/mol. The van der Waals surface area contributed by atoms with Crippen LogP contribution in [-0.4, -0.2) is 59.0 Å². The van der Waals surface area contributed by atoms with Crippen LogP contribution in [0.5, 0.6) is 0 Å². The monoisotopic (exact) mass is 398 g/mol. The Morgan fingerprint density at radius 3 is 2.90 bits per heavy atom. The Morgan fingerprint density at radius 1 is 1.31 bits per heavy atom. The van der Waals surface area contributed by atoms with E-state index in [9.17, 15) is 0 Å². The van der Waals surface area contributed by atoms with Gasteiger partial charge in [0, 0.05) is 52.5 Å². The average molecular weight is 399 g/mol. The third-order valence-corrected chi connectivity index (χ3v) is 5.44. The molecule has 1 fully saturated rings. The van der Waals surface area contributed by atoms with Crippen molar-refractivity contribution in [2.45, 2.75) is 51.4 Å². The van der Waals surface area contributed by atoms with Crippen LogP contribution in [0, 0.1) is 0 Å². The first-order valence-electron chi connectivity index (χ1n) is 10.3. The number of aliphatic imine (C=N–C) groups is 1. The van der Waals surface area contributed by atoms with E-state index in [1.165, 1.54) is 12.8 Å². The van der Waals surface area contributed by atoms with E-state index in [0.717, 1.165) is 61.5 Å². The molecule has 4 heterocycles. The lowest BCUT2D eigenvalue weighted by atomic mass is 10.1. The summed E-state index contributed by atoms with van der Waals surface area (Å²) in [4.78, 5) is 15.9. The number of ether oxygens (including phenoxy) is 1. The third kappa shape index (κ3) is 4.84. The van der Waals surface area contributed by atoms with Crippen molar-refractivity contribution in [3.63, 3.8) is 0 Å². The highest BCUT2D eigenvalue weighted by atomic mass is 16.5. The van der Waals surface area contributed by atoms with Gasteiger partial charge in [0.25, 0.3) is 0 Å². The maximum absolute atomic E-state index is 5.13. The molecule has 2 N–H and O–H groups in total. The van der Waals surface area contributed by atoms with E-state index in [1.54, 1.807) is 14.2 Å². The zero-order chi connectivity index (χ0) is 20.1. The van der Waals surface area contributed by atoms with Crippen LogP contribution < -0.4 is 15.5 Å². The van der Waals surface area contributed by atoms with Gasteiger partial charge in [0.2, 0.25) is 0 Å². The lowest BCUT2D eigenvalue weighted by Gasteiger charge is -2.25. The number of rotatable bonds is 6. The fourth-order valence-electron chi connectivity index (χ4n) is 3.90. The van der Waals surface area contributed by atoms with E-state index in [-0.39, 0.29) is 6.04 Å². The van der Waals surface area contributed by atoms with Gasteiger partial charge in [0.05, 0.1) is 6.54 Å². The van der Waals surface area contributed by atoms with Crippen molar-refractivity contribution in [3.8, 4) is 0 Å². The highest BCUT2D eigenvalue weighted by Gasteiger charge is 2.22. The number of nitrogens with zero attached hydrogens (tertiary/aromatic N) is 6. The van der Waals surface area contributed by atoms with E-state index in [1.807, 2.05) is 10.9 Å². The van der Waals surface area contributed by atoms with Crippen molar-refractivity contribution >= 4 is 11.8 Å². The van der Waals surface area contributed by atoms with Crippen LogP contribution in [0.1, 0.15) is 36.5 Å². The van der Waals surface area contributed by atoms with Crippen molar-refractivity contribution < 1.29 is 4.74 Å². The topological polar surface area (TPSA) is 92.5 Å². The summed E-state index contributed by atoms with van der Waals surface area (Å²) in [5.74, 6) is 3.64. The number of anilines is 1. The molecule has 1 saturated heterocycles. The largest absolute Gasteiger partial charge is 0.377 e. The summed E-state index contributed by atoms with van der Waals surface area (Å²) in [6.07, 6.45) is 6.37. The van der Waals surface area contributed by atoms with Gasteiger partial charge in [-0.15, -0.1) is 0 Å². The molecule has 9 heteroatoms. The molecule has 0 bridgehead atoms. The predicted octanol–water partition coefficient (Wildman–Crippen LogP) is 1.10. The number of hydrogen-bond donors (Lipinski definition) is 2. The van der Waals surface area contributed by atoms with Crippen molar-refractivity contribution in [1.29, 1.82) is 0 Å². The smallest absolute Gasteiger partial charge is 0.191 e. The van der Waals surface area contributed by atoms with Crippen LogP contribution in [-0.2, 0) is 30.9 Å². The standard InChI is InChI=1S/C20H30N8O/c1-21-20(23-12-15-5-7-18(22-11-15)27-9-3-4-10-27)24-16-6-8-19-25-17(14-29-2)26-28(19)13-16/h5,7,11,16H,3-4,6,8-10,12-14H2,1-2H3,(H2,21,23,24). The quantitative estimate of drug-likeness (QED) is 0.556. The summed E-state index contributed by atoms with van der Waals surface area (Å²) < 4.78 is 7.11. The van der Waals surface area contributed by atoms with Gasteiger partial charge in [-0.05, 0) is 30.9 Å². The first kappa shape index (κ1) is 19.6. The molecule has 0 aliphatic carbocycles. The number of aromatic nitrogens is 4. The molecule has 156 valence electrons. The number of fused-ring (bicyclic) bond motifs is 1. The van der Waals surface area contributed by atoms with Crippen LogP contribution in [0.4, 0.5) is 5.82 Å². The maximum Gasteiger partial charge on any atom is 0.191 e. The molecule has 0 spiro atoms. The van der Waals surface area contributed by atoms with Gasteiger partial charge < -0.3 is 20.3 Å². The SMILES string of the molecule is CN=C(NCc1ccc(N2CCCC2)nc1)NC1CCc2nc(COC)nn2C1. The summed E-state index contributed by atoms with van der Waals surface area (Å²) in [6.45, 7) is 4.14. The van der Waals surface area contributed by atoms with Crippen LogP contribution in [0.3, 0.4) is 0 Å². The second-order valence-corrected chi connectivity index (χ2v) is 7.58. The number of nitrogens with one attached hydrogen (secondary N) is 2. The van der Waals surface area contributed by atoms with Crippen LogP contribution >= 0.6 is 0 Å². The molecule has 1 atom stereocenters. The molecule has 0 saturated carbocycles. The predicted molar refractivity (Wildman–Crippen MR) is 112 cm³/mol. The molecule has 2 aromatic rings. The van der Waals surface area contributed by atoms with E-state index in [2.05, 4.69) is 47.7 Å². The van der Waals surface area contributed by atoms with Gasteiger partial charge >= 0.3 is 0 Å². The lowest BCUT2D eigenvalue weighted by Crippen LogP contribution is -2.46. The van der Waals surface area contributed by atoms with Gasteiger partial charge in [0.15, 0.2) is 11.8 Å². The molecular formula is C20H30N8O. The van der Waals surface area contributed by atoms with Gasteiger partial charge in [0.1, 0.15) is 18.2 Å². The van der Waals surface area contributed by atoms with Gasteiger partial charge in [-0.25, -0.2) is 14.6 Å². The number of pyridine rings is 1. The second kappa shape index (κ2) is 9.21. The van der Waals surface area contributed by atoms with Crippen molar-refractivity contribution in [2.75, 3.05) is 32.1 Å². The highest BCUT2D eigenvalue weighted by Crippen LogP contribution is 2.17. The van der Waals surface area contributed by atoms with E-state index < -0.39 is 0 Å². The molecule has 0 aromatic carbocycles. The Hall–Kier alpha value is -2.68. The summed E-state index contributed by atoms with van der Waals surface area (Å²) in [5, 5.41) is 11.4. The molecule has 0 radical (unpaired) electrons. The number of guanidine groups is 1. The summed E-state index contributed by atoms with van der Waals surface area (Å²) in [7, 11) is 3.46. The van der Waals surface area contributed by atoms with Crippen LogP contribution in [0.25, 0.3) is 0 Å². The number of hydrogen-bond acceptors (Lipinski definition) is 6. The molecule has 2 aromatic heterocycles. The Labute approximate surface area is 171 Å². The van der Waals surface area contributed by atoms with Crippen LogP contribution in [0.15, 0.2) is 23.3 Å². The summed E-state index contributed by atoms with van der Waals surface area (Å²) in [6, 6.07) is 4.52. The Kier molecular flexibility index (Phi) is 6.24. The third-order valence-electron chi connectivity index (χ3n) is 5.44. The summed E-state index contributed by atoms with van der Waals surface area (Å²) >= 11 is 0. The van der Waals surface area contributed by atoms with Gasteiger partial charge in [-0.3, -0.25) is 4.99 Å². The molecule has 0 amide bonds. The Bertz CT molecular complexity index is 826. The zero-order valence-corrected chi connectivity index (χ0v) is 17.3. The van der Waals surface area contributed by atoms with E-state index in [4.69, 9.17) is 4.74 Å². The molecule has 4 rings (SSSR count). The van der Waals surface area contributed by atoms with Crippen molar-refractivity contribution in [1.82, 2.24) is 30.4 Å². The molecule has 1 unspecified atom stereocenters. The summed E-state index contributed by atoms with van der Waals surface area (Å²) in [5.41, 5.74) is 1.14. The Morgan fingerprint density at radius 2 is 2.17 bits per heavy atom. The lowest BCUT2D eigenvalue weighted by molar-refractivity contribution is 0.177.